The molecule has 23 heteroatoms. The molecule has 1 spiro atoms. The first-order valence-corrected chi connectivity index (χ1v) is 17.3. The van der Waals surface area contributed by atoms with Crippen molar-refractivity contribution in [1.29, 1.82) is 0 Å². The molecule has 8 rings (SSSR count). The summed E-state index contributed by atoms with van der Waals surface area (Å²) in [6.45, 7) is -0.738. The van der Waals surface area contributed by atoms with Crippen molar-refractivity contribution in [3.8, 4) is 0 Å². The summed E-state index contributed by atoms with van der Waals surface area (Å²) in [6, 6.07) is -0.685. The molecule has 2 saturated heterocycles. The van der Waals surface area contributed by atoms with Gasteiger partial charge < -0.3 is 40.2 Å². The zero-order valence-corrected chi connectivity index (χ0v) is 25.5. The van der Waals surface area contributed by atoms with Crippen LogP contribution >= 0.6 is 27.8 Å². The number of H-pyrrole nitrogens is 1. The van der Waals surface area contributed by atoms with E-state index < -0.39 is 74.7 Å². The highest BCUT2D eigenvalue weighted by molar-refractivity contribution is 8.00. The third kappa shape index (κ3) is 4.56. The quantitative estimate of drug-likeness (QED) is 0.143. The van der Waals surface area contributed by atoms with E-state index in [-0.39, 0.29) is 35.5 Å². The molecule has 4 aromatic heterocycles. The lowest BCUT2D eigenvalue weighted by atomic mass is 10.0. The highest BCUT2D eigenvalue weighted by atomic mass is 32.2. The van der Waals surface area contributed by atoms with Gasteiger partial charge in [0, 0.05) is 5.41 Å². The number of phosphoric acid groups is 1. The fraction of sp³-hybridized carbons (Fsp3) is 0.545. The average molecular weight is 685 g/mol. The lowest BCUT2D eigenvalue weighted by Gasteiger charge is -2.29. The second-order valence-corrected chi connectivity index (χ2v) is 15.1. The lowest BCUT2D eigenvalue weighted by Crippen LogP contribution is -2.37. The molecule has 4 fully saturated rings. The van der Waals surface area contributed by atoms with E-state index in [4.69, 9.17) is 29.6 Å². The number of aromatic amines is 1. The SMILES string of the molecule is Nc1nc2c(ncn2[C@@H]2S[C@@H]3CO[PH](=O)O[C@H]4[C@@H](O)[C@H](n5cnc6c(N)ncnc65)[C@H]5C[C@]54COP(=O)(O)O[C@@H]2[C@@H]3O)c(=O)[nH]1. The van der Waals surface area contributed by atoms with Crippen molar-refractivity contribution in [1.82, 2.24) is 39.0 Å². The van der Waals surface area contributed by atoms with Gasteiger partial charge in [-0.2, -0.15) is 4.98 Å². The molecule has 240 valence electrons. The van der Waals surface area contributed by atoms with Crippen LogP contribution in [0.5, 0.6) is 0 Å². The number of nitrogens with one attached hydrogen (secondary N) is 1. The van der Waals surface area contributed by atoms with Crippen molar-refractivity contribution in [2.45, 2.75) is 47.5 Å². The fourth-order valence-electron chi connectivity index (χ4n) is 6.77. The Labute approximate surface area is 256 Å². The van der Waals surface area contributed by atoms with Gasteiger partial charge in [0.05, 0.1) is 43.3 Å². The van der Waals surface area contributed by atoms with E-state index in [1.165, 1.54) is 23.5 Å². The molecule has 2 aliphatic heterocycles. The van der Waals surface area contributed by atoms with Gasteiger partial charge in [0.25, 0.3) is 5.56 Å². The summed E-state index contributed by atoms with van der Waals surface area (Å²) >= 11 is 1.05. The largest absolute Gasteiger partial charge is 0.472 e. The maximum atomic E-state index is 13.4. The van der Waals surface area contributed by atoms with E-state index in [1.54, 1.807) is 4.57 Å². The van der Waals surface area contributed by atoms with Crippen LogP contribution in [0.3, 0.4) is 0 Å². The van der Waals surface area contributed by atoms with E-state index in [0.717, 1.165) is 11.8 Å². The standard InChI is InChI=1S/C22H26N10O10P2S/c23-16-9-17(26-4-25-16)31(5-27-9)11-7-1-22(7)3-40-44(37,38)42-14-12(33)8(2-39-43(36)41-15(22)13(11)34)45-20(14)32-6-28-10-18(32)29-21(24)30-19(10)35/h4-8,11-15,20,33-34,43H,1-3H2,(H,37,38)(H2,23,25,26)(H3,24,29,30,35)/t7-,8-,11-,12-,13+,14-,15+,20-,22+/m1/s1. The summed E-state index contributed by atoms with van der Waals surface area (Å²) in [4.78, 5) is 46.3. The molecular weight excluding hydrogens is 658 g/mol. The molecule has 8 N–H and O–H groups in total. The third-order valence-electron chi connectivity index (χ3n) is 8.90. The van der Waals surface area contributed by atoms with E-state index in [1.807, 2.05) is 0 Å². The molecule has 0 amide bonds. The molecule has 2 saturated carbocycles. The first kappa shape index (κ1) is 29.4. The number of phosphoric ester groups is 1. The Morgan fingerprint density at radius 3 is 2.71 bits per heavy atom. The molecule has 20 nitrogen and oxygen atoms in total. The van der Waals surface area contributed by atoms with Crippen LogP contribution in [0.2, 0.25) is 0 Å². The van der Waals surface area contributed by atoms with Gasteiger partial charge in [0.1, 0.15) is 35.5 Å². The normalized spacial score (nSPS) is 40.0. The molecule has 2 unspecified atom stereocenters. The van der Waals surface area contributed by atoms with Crippen molar-refractivity contribution < 1.29 is 42.3 Å². The Balaban J connectivity index is 1.12. The minimum Gasteiger partial charge on any atom is -0.389 e. The van der Waals surface area contributed by atoms with Gasteiger partial charge in [0.15, 0.2) is 22.6 Å². The summed E-state index contributed by atoms with van der Waals surface area (Å²) in [7, 11) is -8.19. The number of aliphatic hydroxyl groups excluding tert-OH is 2. The Hall–Kier alpha value is -2.97. The second kappa shape index (κ2) is 10.3. The Kier molecular flexibility index (Phi) is 6.71. The van der Waals surface area contributed by atoms with Crippen molar-refractivity contribution in [3.05, 3.63) is 29.3 Å². The van der Waals surface area contributed by atoms with Gasteiger partial charge in [-0.15, -0.1) is 11.8 Å². The van der Waals surface area contributed by atoms with Gasteiger partial charge >= 0.3 is 16.1 Å². The number of thioether (sulfide) groups is 1. The number of nitrogens with two attached hydrogens (primary N) is 2. The van der Waals surface area contributed by atoms with E-state index in [0.29, 0.717) is 17.6 Å². The maximum Gasteiger partial charge on any atom is 0.472 e. The van der Waals surface area contributed by atoms with Crippen molar-refractivity contribution in [2.24, 2.45) is 11.3 Å². The van der Waals surface area contributed by atoms with Crippen LogP contribution in [0.4, 0.5) is 11.8 Å². The predicted octanol–water partition coefficient (Wildman–Crippen LogP) is -0.672. The number of aromatic nitrogens is 8. The molecule has 11 atom stereocenters. The number of rotatable bonds is 2. The molecule has 2 aliphatic carbocycles. The maximum absolute atomic E-state index is 13.4. The van der Waals surface area contributed by atoms with Crippen LogP contribution in [0, 0.1) is 11.3 Å². The van der Waals surface area contributed by atoms with Crippen molar-refractivity contribution in [3.63, 3.8) is 0 Å². The summed E-state index contributed by atoms with van der Waals surface area (Å²) in [6.07, 6.45) is -0.844. The highest BCUT2D eigenvalue weighted by Gasteiger charge is 2.73. The molecule has 0 aromatic carbocycles. The minimum absolute atomic E-state index is 0.0480. The fourth-order valence-corrected chi connectivity index (χ4v) is 10.4. The lowest BCUT2D eigenvalue weighted by molar-refractivity contribution is -0.0215. The van der Waals surface area contributed by atoms with Crippen LogP contribution in [0.1, 0.15) is 17.8 Å². The number of aliphatic hydroxyl groups is 2. The van der Waals surface area contributed by atoms with Crippen LogP contribution in [-0.4, -0.2) is 97.0 Å². The van der Waals surface area contributed by atoms with Crippen molar-refractivity contribution in [2.75, 3.05) is 24.7 Å². The topological polar surface area (TPSA) is 291 Å². The van der Waals surface area contributed by atoms with Gasteiger partial charge in [0.2, 0.25) is 5.95 Å². The molecular formula is C22H26N10O10P2S. The number of nitrogen functional groups attached to an aromatic ring is 2. The summed E-state index contributed by atoms with van der Waals surface area (Å²) in [5.41, 5.74) is 10.7. The van der Waals surface area contributed by atoms with Crippen LogP contribution in [0.25, 0.3) is 22.3 Å². The smallest absolute Gasteiger partial charge is 0.389 e. The Bertz CT molecular complexity index is 1980. The molecule has 45 heavy (non-hydrogen) atoms. The average Bonchev–Trinajstić information content (AvgIpc) is 3.26. The summed E-state index contributed by atoms with van der Waals surface area (Å²) in [5.74, 6) is -0.407. The van der Waals surface area contributed by atoms with Crippen LogP contribution < -0.4 is 17.0 Å². The molecule has 4 aliphatic rings. The third-order valence-corrected chi connectivity index (χ3v) is 12.3. The number of nitrogens with zero attached hydrogens (tertiary/aromatic N) is 7. The molecule has 4 aromatic rings. The van der Waals surface area contributed by atoms with Gasteiger partial charge in [-0.3, -0.25) is 28.0 Å². The minimum atomic E-state index is -4.90. The van der Waals surface area contributed by atoms with Gasteiger partial charge in [-0.1, -0.05) is 0 Å². The summed E-state index contributed by atoms with van der Waals surface area (Å²) < 4.78 is 52.1. The predicted molar refractivity (Wildman–Crippen MR) is 155 cm³/mol. The number of hydrogen-bond donors (Lipinski definition) is 6. The van der Waals surface area contributed by atoms with E-state index in [9.17, 15) is 29.0 Å². The number of hydrogen-bond acceptors (Lipinski definition) is 17. The molecule has 2 bridgehead atoms. The zero-order valence-electron chi connectivity index (χ0n) is 22.8. The van der Waals surface area contributed by atoms with Gasteiger partial charge in [-0.05, 0) is 12.3 Å². The number of fused-ring (bicyclic) bond motifs is 4. The zero-order chi connectivity index (χ0) is 31.4. The van der Waals surface area contributed by atoms with Gasteiger partial charge in [-0.25, -0.2) is 24.5 Å². The molecule has 6 heterocycles. The molecule has 0 radical (unpaired) electrons. The number of imidazole rings is 2. The van der Waals surface area contributed by atoms with E-state index >= 15 is 0 Å². The monoisotopic (exact) mass is 684 g/mol. The van der Waals surface area contributed by atoms with Crippen molar-refractivity contribution >= 4 is 61.9 Å². The second-order valence-electron chi connectivity index (χ2n) is 11.4. The first-order valence-electron chi connectivity index (χ1n) is 13.6. The highest BCUT2D eigenvalue weighted by Crippen LogP contribution is 2.71. The van der Waals surface area contributed by atoms with Crippen LogP contribution in [0.15, 0.2) is 23.8 Å². The Morgan fingerprint density at radius 1 is 1.11 bits per heavy atom. The van der Waals surface area contributed by atoms with E-state index in [2.05, 4.69) is 29.9 Å². The Morgan fingerprint density at radius 2 is 1.89 bits per heavy atom. The first-order chi connectivity index (χ1) is 21.5. The number of anilines is 2. The summed E-state index contributed by atoms with van der Waals surface area (Å²) in [5, 5.41) is 20.8. The van der Waals surface area contributed by atoms with Crippen LogP contribution in [-0.2, 0) is 27.2 Å².